The van der Waals surface area contributed by atoms with Crippen LogP contribution in [-0.4, -0.2) is 27.3 Å². The maximum atomic E-state index is 13.7. The number of hydrogen-bond donors (Lipinski definition) is 1. The second kappa shape index (κ2) is 8.68. The zero-order valence-corrected chi connectivity index (χ0v) is 19.6. The number of nitrogens with zero attached hydrogens (tertiary/aromatic N) is 4. The van der Waals surface area contributed by atoms with Crippen molar-refractivity contribution in [3.63, 3.8) is 0 Å². The number of aryl methyl sites for hydroxylation is 1. The summed E-state index contributed by atoms with van der Waals surface area (Å²) in [6.45, 7) is 8.94. The number of benzene rings is 1. The van der Waals surface area contributed by atoms with E-state index in [1.54, 1.807) is 32.6 Å². The Morgan fingerprint density at radius 3 is 2.76 bits per heavy atom. The molecule has 8 nitrogen and oxygen atoms in total. The highest BCUT2D eigenvalue weighted by molar-refractivity contribution is 5.93. The van der Waals surface area contributed by atoms with Crippen LogP contribution in [0.15, 0.2) is 38.3 Å². The van der Waals surface area contributed by atoms with E-state index in [0.29, 0.717) is 29.8 Å². The van der Waals surface area contributed by atoms with E-state index in [-0.39, 0.29) is 17.5 Å². The second-order valence-electron chi connectivity index (χ2n) is 8.65. The molecule has 0 radical (unpaired) electrons. The van der Waals surface area contributed by atoms with E-state index in [1.807, 2.05) is 6.92 Å². The summed E-state index contributed by atoms with van der Waals surface area (Å²) in [6, 6.07) is 8.40. The molecule has 0 bridgehead atoms. The summed E-state index contributed by atoms with van der Waals surface area (Å²) in [4.78, 5) is 24.1. The number of halogens is 1. The Morgan fingerprint density at radius 1 is 1.29 bits per heavy atom. The minimum absolute atomic E-state index is 0.0584. The summed E-state index contributed by atoms with van der Waals surface area (Å²) in [6.07, 6.45) is 0.529. The highest BCUT2D eigenvalue weighted by Gasteiger charge is 2.39. The predicted molar refractivity (Wildman–Crippen MR) is 122 cm³/mol. The minimum atomic E-state index is -0.985. The lowest BCUT2D eigenvalue weighted by molar-refractivity contribution is 0.0630. The minimum Gasteiger partial charge on any atom is -0.438 e. The number of nitriles is 1. The van der Waals surface area contributed by atoms with Gasteiger partial charge in [-0.1, -0.05) is 5.92 Å². The number of carbonyl (C=O) groups excluding carboxylic acids is 1. The van der Waals surface area contributed by atoms with Crippen molar-refractivity contribution in [2.75, 3.05) is 6.54 Å². The first-order valence-corrected chi connectivity index (χ1v) is 10.8. The molecule has 0 unspecified atom stereocenters. The van der Waals surface area contributed by atoms with E-state index in [1.165, 1.54) is 18.2 Å². The van der Waals surface area contributed by atoms with Gasteiger partial charge in [-0.2, -0.15) is 5.26 Å². The number of carbonyl (C=O) groups is 1. The molecule has 4 rings (SSSR count). The molecule has 0 spiro atoms. The number of nitrogens with one attached hydrogen (secondary N) is 1. The van der Waals surface area contributed by atoms with Gasteiger partial charge in [0.05, 0.1) is 11.8 Å². The Bertz CT molecular complexity index is 1410. The molecule has 0 aliphatic carbocycles. The van der Waals surface area contributed by atoms with Crippen LogP contribution in [-0.2, 0) is 5.41 Å². The molecule has 9 heteroatoms. The molecule has 3 aromatic rings. The van der Waals surface area contributed by atoms with Crippen molar-refractivity contribution in [1.29, 1.82) is 5.26 Å². The largest absolute Gasteiger partial charge is 0.438 e. The smallest absolute Gasteiger partial charge is 0.292 e. The van der Waals surface area contributed by atoms with E-state index < -0.39 is 23.2 Å². The molecular weight excluding hydrogens is 437 g/mol. The molecule has 3 heterocycles. The van der Waals surface area contributed by atoms with Crippen LogP contribution in [0.25, 0.3) is 11.1 Å². The highest BCUT2D eigenvalue weighted by atomic mass is 19.1. The number of rotatable bonds is 4. The average molecular weight is 461 g/mol. The molecular formula is C25H24FN5O3. The third-order valence-electron chi connectivity index (χ3n) is 5.80. The van der Waals surface area contributed by atoms with Crippen LogP contribution in [0.3, 0.4) is 0 Å². The van der Waals surface area contributed by atoms with Gasteiger partial charge in [-0.3, -0.25) is 4.79 Å². The van der Waals surface area contributed by atoms with Crippen molar-refractivity contribution >= 4 is 17.0 Å². The molecule has 1 aliphatic heterocycles. The van der Waals surface area contributed by atoms with Gasteiger partial charge in [0.25, 0.3) is 5.91 Å². The summed E-state index contributed by atoms with van der Waals surface area (Å²) in [7, 11) is 0. The first-order chi connectivity index (χ1) is 16.2. The summed E-state index contributed by atoms with van der Waals surface area (Å²) in [5, 5.41) is 12.5. The maximum Gasteiger partial charge on any atom is 0.292 e. The summed E-state index contributed by atoms with van der Waals surface area (Å²) in [5.41, 5.74) is 1.84. The quantitative estimate of drug-likeness (QED) is 0.450. The van der Waals surface area contributed by atoms with Crippen molar-refractivity contribution in [3.8, 4) is 18.0 Å². The van der Waals surface area contributed by atoms with E-state index in [9.17, 15) is 14.4 Å². The molecule has 0 saturated heterocycles. The van der Waals surface area contributed by atoms with Crippen molar-refractivity contribution in [1.82, 2.24) is 20.2 Å². The van der Waals surface area contributed by atoms with Gasteiger partial charge in [-0.15, -0.1) is 0 Å². The van der Waals surface area contributed by atoms with Crippen LogP contribution in [0.1, 0.15) is 68.2 Å². The molecule has 34 heavy (non-hydrogen) atoms. The van der Waals surface area contributed by atoms with Gasteiger partial charge in [0.1, 0.15) is 22.8 Å². The molecule has 2 aromatic heterocycles. The summed E-state index contributed by atoms with van der Waals surface area (Å²) in [5.74, 6) is 2.46. The lowest BCUT2D eigenvalue weighted by atomic mass is 9.96. The third-order valence-corrected chi connectivity index (χ3v) is 5.80. The first kappa shape index (κ1) is 23.1. The highest BCUT2D eigenvalue weighted by Crippen LogP contribution is 2.37. The van der Waals surface area contributed by atoms with Gasteiger partial charge in [-0.05, 0) is 52.3 Å². The average Bonchev–Trinajstić information content (AvgIpc) is 3.41. The SMILES string of the molecule is CC#CNC1=C(C)[C@@H](c2nc3cc(F)ccc3o2)N(C(=O)c2oc(C(C)(C)C#N)nc2C)CC1. The van der Waals surface area contributed by atoms with E-state index in [2.05, 4.69) is 33.3 Å². The number of oxazole rings is 2. The zero-order chi connectivity index (χ0) is 24.6. The van der Waals surface area contributed by atoms with Gasteiger partial charge in [0.2, 0.25) is 17.5 Å². The molecule has 1 atom stereocenters. The summed E-state index contributed by atoms with van der Waals surface area (Å²) < 4.78 is 25.5. The van der Waals surface area contributed by atoms with Gasteiger partial charge in [0.15, 0.2) is 5.58 Å². The lowest BCUT2D eigenvalue weighted by Crippen LogP contribution is -2.41. The second-order valence-corrected chi connectivity index (χ2v) is 8.65. The fourth-order valence-corrected chi connectivity index (χ4v) is 3.87. The van der Waals surface area contributed by atoms with Crippen molar-refractivity contribution in [2.45, 2.75) is 52.5 Å². The van der Waals surface area contributed by atoms with Crippen LogP contribution >= 0.6 is 0 Å². The van der Waals surface area contributed by atoms with Gasteiger partial charge < -0.3 is 19.1 Å². The topological polar surface area (TPSA) is 108 Å². The Hall–Kier alpha value is -4.11. The number of amides is 1. The Kier molecular flexibility index (Phi) is 5.89. The monoisotopic (exact) mass is 461 g/mol. The number of fused-ring (bicyclic) bond motifs is 1. The Morgan fingerprint density at radius 2 is 2.06 bits per heavy atom. The molecule has 0 fully saturated rings. The normalized spacial score (nSPS) is 16.3. The standard InChI is InChI=1S/C25H24FN5O3/c1-6-10-28-17-9-11-31(23(32)21-15(3)29-24(34-21)25(4,5)13-27)20(14(17)2)22-30-18-12-16(26)7-8-19(18)33-22/h7-8,12,20,28H,9,11H2,1-5H3/t20-/m0/s1. The van der Waals surface area contributed by atoms with Crippen LogP contribution in [0.4, 0.5) is 4.39 Å². The van der Waals surface area contributed by atoms with Crippen LogP contribution in [0.2, 0.25) is 0 Å². The molecule has 174 valence electrons. The molecule has 0 saturated carbocycles. The van der Waals surface area contributed by atoms with Crippen LogP contribution in [0.5, 0.6) is 0 Å². The van der Waals surface area contributed by atoms with Crippen LogP contribution in [0, 0.1) is 36.0 Å². The predicted octanol–water partition coefficient (Wildman–Crippen LogP) is 4.50. The van der Waals surface area contributed by atoms with E-state index in [0.717, 1.165) is 11.3 Å². The third kappa shape index (κ3) is 4.01. The maximum absolute atomic E-state index is 13.7. The van der Waals surface area contributed by atoms with E-state index in [4.69, 9.17) is 8.83 Å². The van der Waals surface area contributed by atoms with Gasteiger partial charge in [-0.25, -0.2) is 14.4 Å². The summed E-state index contributed by atoms with van der Waals surface area (Å²) >= 11 is 0. The molecule has 1 aliphatic rings. The lowest BCUT2D eigenvalue weighted by Gasteiger charge is -2.35. The molecule has 1 N–H and O–H groups in total. The van der Waals surface area contributed by atoms with Crippen molar-refractivity contribution in [3.05, 3.63) is 58.5 Å². The van der Waals surface area contributed by atoms with Crippen molar-refractivity contribution < 1.29 is 18.0 Å². The molecule has 1 amide bonds. The first-order valence-electron chi connectivity index (χ1n) is 10.8. The number of aromatic nitrogens is 2. The van der Waals surface area contributed by atoms with E-state index >= 15 is 0 Å². The molecule has 1 aromatic carbocycles. The zero-order valence-electron chi connectivity index (χ0n) is 19.6. The number of hydrogen-bond acceptors (Lipinski definition) is 7. The fourth-order valence-electron chi connectivity index (χ4n) is 3.87. The fraction of sp³-hybridized carbons (Fsp3) is 0.360. The Balaban J connectivity index is 1.80. The van der Waals surface area contributed by atoms with Crippen LogP contribution < -0.4 is 5.32 Å². The van der Waals surface area contributed by atoms with Gasteiger partial charge >= 0.3 is 0 Å². The Labute approximate surface area is 196 Å². The van der Waals surface area contributed by atoms with Gasteiger partial charge in [0, 0.05) is 30.8 Å². The van der Waals surface area contributed by atoms with Crippen molar-refractivity contribution in [2.24, 2.45) is 0 Å².